The van der Waals surface area contributed by atoms with Gasteiger partial charge in [0, 0.05) is 26.2 Å². The fourth-order valence-corrected chi connectivity index (χ4v) is 3.75. The third-order valence-electron chi connectivity index (χ3n) is 5.18. The summed E-state index contributed by atoms with van der Waals surface area (Å²) < 4.78 is 7.38. The maximum atomic E-state index is 11.9. The summed E-state index contributed by atoms with van der Waals surface area (Å²) in [5.74, 6) is 1.88. The van der Waals surface area contributed by atoms with Crippen LogP contribution in [0.15, 0.2) is 29.3 Å². The predicted molar refractivity (Wildman–Crippen MR) is 111 cm³/mol. The second-order valence-corrected chi connectivity index (χ2v) is 7.05. The first-order chi connectivity index (χ1) is 13.6. The van der Waals surface area contributed by atoms with E-state index >= 15 is 0 Å². The molecule has 2 heterocycles. The number of para-hydroxylation sites is 2. The van der Waals surface area contributed by atoms with Crippen molar-refractivity contribution in [3.63, 3.8) is 0 Å². The number of esters is 1. The molecule has 0 radical (unpaired) electrons. The summed E-state index contributed by atoms with van der Waals surface area (Å²) in [5.41, 5.74) is 2.17. The van der Waals surface area contributed by atoms with E-state index in [0.717, 1.165) is 61.8 Å². The smallest absolute Gasteiger partial charge is 0.309 e. The Balaban J connectivity index is 1.62. The van der Waals surface area contributed by atoms with E-state index in [9.17, 15) is 4.79 Å². The van der Waals surface area contributed by atoms with Crippen LogP contribution in [0.5, 0.6) is 0 Å². The molecule has 1 aromatic carbocycles. The van der Waals surface area contributed by atoms with Gasteiger partial charge in [-0.15, -0.1) is 0 Å². The van der Waals surface area contributed by atoms with Gasteiger partial charge in [-0.3, -0.25) is 9.79 Å². The minimum Gasteiger partial charge on any atom is -0.466 e. The van der Waals surface area contributed by atoms with Crippen molar-refractivity contribution in [2.24, 2.45) is 10.9 Å². The molecule has 152 valence electrons. The largest absolute Gasteiger partial charge is 0.466 e. The lowest BCUT2D eigenvalue weighted by atomic mass is 9.97. The van der Waals surface area contributed by atoms with Crippen LogP contribution in [0.2, 0.25) is 0 Å². The molecule has 1 aliphatic heterocycles. The number of carbonyl (C=O) groups excluding carboxylic acids is 1. The predicted octanol–water partition coefficient (Wildman–Crippen LogP) is 2.59. The molecular weight excluding hydrogens is 354 g/mol. The summed E-state index contributed by atoms with van der Waals surface area (Å²) in [7, 11) is 0. The van der Waals surface area contributed by atoms with Gasteiger partial charge in [0.25, 0.3) is 0 Å². The third-order valence-corrected chi connectivity index (χ3v) is 5.18. The number of fused-ring (bicyclic) bond motifs is 1. The Hall–Kier alpha value is -2.57. The zero-order valence-corrected chi connectivity index (χ0v) is 17.1. The van der Waals surface area contributed by atoms with Crippen LogP contribution in [0.3, 0.4) is 0 Å². The van der Waals surface area contributed by atoms with Gasteiger partial charge in [-0.05, 0) is 45.7 Å². The number of nitrogens with zero attached hydrogens (tertiary/aromatic N) is 4. The number of nitrogens with one attached hydrogen (secondary N) is 1. The molecule has 1 aliphatic rings. The van der Waals surface area contributed by atoms with Gasteiger partial charge in [-0.1, -0.05) is 12.1 Å². The minimum atomic E-state index is -0.0634. The van der Waals surface area contributed by atoms with Crippen LogP contribution < -0.4 is 5.32 Å². The highest BCUT2D eigenvalue weighted by atomic mass is 16.5. The normalized spacial score (nSPS) is 15.8. The van der Waals surface area contributed by atoms with Crippen LogP contribution in [0, 0.1) is 12.8 Å². The second-order valence-electron chi connectivity index (χ2n) is 7.05. The number of ether oxygens (including phenoxy) is 1. The molecule has 0 aliphatic carbocycles. The van der Waals surface area contributed by atoms with E-state index in [-0.39, 0.29) is 11.9 Å². The Morgan fingerprint density at radius 1 is 1.29 bits per heavy atom. The van der Waals surface area contributed by atoms with E-state index in [0.29, 0.717) is 13.2 Å². The average Bonchev–Trinajstić information content (AvgIpc) is 3.03. The SMILES string of the molecule is CCNC(=NCCn1c(C)nc2ccccc21)N1CCC(C(=O)OCC)CC1. The molecule has 0 bridgehead atoms. The summed E-state index contributed by atoms with van der Waals surface area (Å²) in [6.07, 6.45) is 1.63. The molecule has 28 heavy (non-hydrogen) atoms. The van der Waals surface area contributed by atoms with Gasteiger partial charge < -0.3 is 19.5 Å². The number of benzene rings is 1. The fraction of sp³-hybridized carbons (Fsp3) is 0.571. The topological polar surface area (TPSA) is 71.8 Å². The first kappa shape index (κ1) is 20.2. The van der Waals surface area contributed by atoms with E-state index in [1.54, 1.807) is 0 Å². The minimum absolute atomic E-state index is 0.0130. The molecule has 7 nitrogen and oxygen atoms in total. The lowest BCUT2D eigenvalue weighted by Crippen LogP contribution is -2.46. The van der Waals surface area contributed by atoms with E-state index in [2.05, 4.69) is 32.8 Å². The molecular formula is C21H31N5O2. The Bertz CT molecular complexity index is 821. The van der Waals surface area contributed by atoms with Gasteiger partial charge >= 0.3 is 5.97 Å². The number of guanidine groups is 1. The van der Waals surface area contributed by atoms with Crippen LogP contribution in [0.1, 0.15) is 32.5 Å². The van der Waals surface area contributed by atoms with E-state index < -0.39 is 0 Å². The summed E-state index contributed by atoms with van der Waals surface area (Å²) >= 11 is 0. The van der Waals surface area contributed by atoms with Crippen molar-refractivity contribution < 1.29 is 9.53 Å². The fourth-order valence-electron chi connectivity index (χ4n) is 3.75. The van der Waals surface area contributed by atoms with Gasteiger partial charge in [-0.25, -0.2) is 4.98 Å². The molecule has 7 heteroatoms. The van der Waals surface area contributed by atoms with Gasteiger partial charge in [0.2, 0.25) is 0 Å². The van der Waals surface area contributed by atoms with Gasteiger partial charge in [0.1, 0.15) is 5.82 Å². The van der Waals surface area contributed by atoms with Crippen LogP contribution >= 0.6 is 0 Å². The Morgan fingerprint density at radius 3 is 2.75 bits per heavy atom. The number of aliphatic imine (C=N–C) groups is 1. The van der Waals surface area contributed by atoms with Crippen molar-refractivity contribution >= 4 is 23.0 Å². The molecule has 3 rings (SSSR count). The van der Waals surface area contributed by atoms with Crippen molar-refractivity contribution in [3.05, 3.63) is 30.1 Å². The maximum Gasteiger partial charge on any atom is 0.309 e. The van der Waals surface area contributed by atoms with E-state index in [4.69, 9.17) is 9.73 Å². The lowest BCUT2D eigenvalue weighted by molar-refractivity contribution is -0.149. The number of piperidine rings is 1. The van der Waals surface area contributed by atoms with E-state index in [1.165, 1.54) is 0 Å². The van der Waals surface area contributed by atoms with Crippen molar-refractivity contribution in [3.8, 4) is 0 Å². The zero-order chi connectivity index (χ0) is 19.9. The van der Waals surface area contributed by atoms with E-state index in [1.807, 2.05) is 32.0 Å². The van der Waals surface area contributed by atoms with Crippen LogP contribution in [0.4, 0.5) is 0 Å². The molecule has 1 saturated heterocycles. The zero-order valence-electron chi connectivity index (χ0n) is 17.1. The summed E-state index contributed by atoms with van der Waals surface area (Å²) in [4.78, 5) is 23.7. The van der Waals surface area contributed by atoms with Crippen molar-refractivity contribution in [1.82, 2.24) is 19.8 Å². The summed E-state index contributed by atoms with van der Waals surface area (Å²) in [6, 6.07) is 8.20. The number of aryl methyl sites for hydroxylation is 1. The second kappa shape index (κ2) is 9.57. The van der Waals surface area contributed by atoms with Gasteiger partial charge in [0.15, 0.2) is 5.96 Å². The highest BCUT2D eigenvalue weighted by molar-refractivity contribution is 5.80. The first-order valence-corrected chi connectivity index (χ1v) is 10.3. The number of imidazole rings is 1. The molecule has 0 saturated carbocycles. The first-order valence-electron chi connectivity index (χ1n) is 10.3. The van der Waals surface area contributed by atoms with Gasteiger partial charge in [0.05, 0.1) is 30.1 Å². The van der Waals surface area contributed by atoms with Crippen molar-refractivity contribution in [1.29, 1.82) is 0 Å². The average molecular weight is 386 g/mol. The third kappa shape index (κ3) is 4.64. The molecule has 1 N–H and O–H groups in total. The Labute approximate surface area is 166 Å². The Kier molecular flexibility index (Phi) is 6.90. The quantitative estimate of drug-likeness (QED) is 0.470. The number of rotatable bonds is 6. The molecule has 1 aromatic heterocycles. The molecule has 0 spiro atoms. The van der Waals surface area contributed by atoms with Crippen LogP contribution in [-0.2, 0) is 16.1 Å². The van der Waals surface area contributed by atoms with Crippen LogP contribution in [0.25, 0.3) is 11.0 Å². The van der Waals surface area contributed by atoms with Gasteiger partial charge in [-0.2, -0.15) is 0 Å². The molecule has 0 amide bonds. The molecule has 0 unspecified atom stereocenters. The summed E-state index contributed by atoms with van der Waals surface area (Å²) in [5, 5.41) is 3.39. The monoisotopic (exact) mass is 385 g/mol. The standard InChI is InChI=1S/C21H31N5O2/c1-4-22-21(25-13-10-17(11-14-25)20(27)28-5-2)23-12-15-26-16(3)24-18-8-6-7-9-19(18)26/h6-9,17H,4-5,10-15H2,1-3H3,(H,22,23). The lowest BCUT2D eigenvalue weighted by Gasteiger charge is -2.33. The maximum absolute atomic E-state index is 11.9. The van der Waals surface area contributed by atoms with Crippen LogP contribution in [-0.4, -0.2) is 59.2 Å². The number of carbonyl (C=O) groups is 1. The molecule has 0 atom stereocenters. The highest BCUT2D eigenvalue weighted by Gasteiger charge is 2.27. The number of aromatic nitrogens is 2. The van der Waals surface area contributed by atoms with Crippen molar-refractivity contribution in [2.75, 3.05) is 32.8 Å². The highest BCUT2D eigenvalue weighted by Crippen LogP contribution is 2.19. The molecule has 2 aromatic rings. The Morgan fingerprint density at radius 2 is 2.04 bits per heavy atom. The number of likely N-dealkylation sites (tertiary alicyclic amines) is 1. The number of hydrogen-bond acceptors (Lipinski definition) is 4. The number of hydrogen-bond donors (Lipinski definition) is 1. The molecule has 1 fully saturated rings. The summed E-state index contributed by atoms with van der Waals surface area (Å²) in [6.45, 7) is 10.4. The van der Waals surface area contributed by atoms with Crippen molar-refractivity contribution in [2.45, 2.75) is 40.2 Å².